The van der Waals surface area contributed by atoms with Gasteiger partial charge < -0.3 is 5.11 Å². The maximum Gasteiger partial charge on any atom is 0.271 e. The van der Waals surface area contributed by atoms with Crippen LogP contribution in [-0.2, 0) is 19.2 Å². The highest BCUT2D eigenvalue weighted by Crippen LogP contribution is 2.67. The molecular formula is C32H17Cl3F5N3O7. The molecule has 1 N–H and O–H groups in total. The average molecular weight is 757 g/mol. The van der Waals surface area contributed by atoms with Crippen LogP contribution in [0.15, 0.2) is 54.1 Å². The summed E-state index contributed by atoms with van der Waals surface area (Å²) in [5, 5.41) is 22.4. The number of carbonyl (C=O) groups excluding carboxylic acids is 4. The van der Waals surface area contributed by atoms with E-state index in [1.807, 2.05) is 0 Å². The second-order valence-electron chi connectivity index (χ2n) is 12.2. The predicted molar refractivity (Wildman–Crippen MR) is 165 cm³/mol. The molecule has 10 nitrogen and oxygen atoms in total. The van der Waals surface area contributed by atoms with Crippen LogP contribution in [0.3, 0.4) is 0 Å². The van der Waals surface area contributed by atoms with Gasteiger partial charge in [0, 0.05) is 28.6 Å². The molecule has 4 aliphatic rings. The van der Waals surface area contributed by atoms with E-state index >= 15 is 8.78 Å². The fourth-order valence-electron chi connectivity index (χ4n) is 7.67. The van der Waals surface area contributed by atoms with Crippen LogP contribution < -0.4 is 9.80 Å². The smallest absolute Gasteiger partial charge is 0.271 e. The zero-order valence-electron chi connectivity index (χ0n) is 24.6. The lowest BCUT2D eigenvalue weighted by Gasteiger charge is -2.50. The van der Waals surface area contributed by atoms with Gasteiger partial charge in [-0.25, -0.2) is 31.8 Å². The lowest BCUT2D eigenvalue weighted by molar-refractivity contribution is -0.384. The summed E-state index contributed by atoms with van der Waals surface area (Å²) in [4.78, 5) is 61.8. The number of anilines is 2. The van der Waals surface area contributed by atoms with E-state index in [4.69, 9.17) is 34.8 Å². The van der Waals surface area contributed by atoms with Gasteiger partial charge in [0.05, 0.1) is 22.4 Å². The maximum atomic E-state index is 15.2. The van der Waals surface area contributed by atoms with Gasteiger partial charge in [-0.05, 0) is 43.0 Å². The molecule has 0 bridgehead atoms. The number of allylic oxidation sites excluding steroid dienone is 2. The Balaban J connectivity index is 1.43. The zero-order chi connectivity index (χ0) is 36.4. The first-order valence-electron chi connectivity index (χ1n) is 14.6. The molecule has 0 spiro atoms. The van der Waals surface area contributed by atoms with Crippen molar-refractivity contribution >= 4 is 75.5 Å². The van der Waals surface area contributed by atoms with Gasteiger partial charge in [0.2, 0.25) is 17.6 Å². The molecule has 4 amide bonds. The van der Waals surface area contributed by atoms with E-state index in [1.165, 1.54) is 24.3 Å². The second-order valence-corrected chi connectivity index (χ2v) is 13.9. The van der Waals surface area contributed by atoms with Crippen molar-refractivity contribution in [3.63, 3.8) is 0 Å². The predicted octanol–water partition coefficient (Wildman–Crippen LogP) is 6.42. The molecule has 7 rings (SSSR count). The second kappa shape index (κ2) is 11.2. The van der Waals surface area contributed by atoms with Crippen molar-refractivity contribution in [3.05, 3.63) is 104 Å². The molecule has 3 aromatic carbocycles. The van der Waals surface area contributed by atoms with Gasteiger partial charge in [-0.2, -0.15) is 0 Å². The van der Waals surface area contributed by atoms with Crippen LogP contribution in [-0.4, -0.2) is 43.4 Å². The number of non-ortho nitro benzene ring substituents is 1. The topological polar surface area (TPSA) is 138 Å². The minimum Gasteiger partial charge on any atom is -0.508 e. The number of imide groups is 2. The van der Waals surface area contributed by atoms with E-state index in [-0.39, 0.29) is 33.2 Å². The summed E-state index contributed by atoms with van der Waals surface area (Å²) in [6, 6.07) is 8.18. The van der Waals surface area contributed by atoms with Gasteiger partial charge in [0.1, 0.15) is 11.4 Å². The molecular weight excluding hydrogens is 740 g/mol. The van der Waals surface area contributed by atoms with Gasteiger partial charge in [0.15, 0.2) is 33.0 Å². The Hall–Kier alpha value is -4.60. The van der Waals surface area contributed by atoms with Crippen molar-refractivity contribution in [3.8, 4) is 5.75 Å². The average Bonchev–Trinajstić information content (AvgIpc) is 3.42. The molecule has 6 unspecified atom stereocenters. The third-order valence-electron chi connectivity index (χ3n) is 9.82. The number of phenols is 1. The van der Waals surface area contributed by atoms with Crippen molar-refractivity contribution in [1.82, 2.24) is 0 Å². The Morgan fingerprint density at radius 1 is 0.840 bits per heavy atom. The summed E-state index contributed by atoms with van der Waals surface area (Å²) in [6.07, 6.45) is 0.468. The number of fused-ring (bicyclic) bond motifs is 4. The SMILES string of the molecule is O=C1C2CC=C3C(CC4(Cl)C(=O)N(c5c(F)c(F)c(F)c(F)c5F)C(=O)C4(Cl)C3c3cc(Cl)ccc3O)C2C(=O)N1c1cccc([N+](=O)[O-])c1. The lowest BCUT2D eigenvalue weighted by atomic mass is 9.56. The number of aromatic hydroxyl groups is 1. The van der Waals surface area contributed by atoms with Crippen LogP contribution in [0.5, 0.6) is 5.75 Å². The van der Waals surface area contributed by atoms with Crippen LogP contribution in [0.2, 0.25) is 5.02 Å². The number of hydrogen-bond donors (Lipinski definition) is 1. The highest BCUT2D eigenvalue weighted by molar-refractivity contribution is 6.58. The number of alkyl halides is 2. The maximum absolute atomic E-state index is 15.2. The van der Waals surface area contributed by atoms with E-state index in [2.05, 4.69) is 0 Å². The molecule has 3 fully saturated rings. The van der Waals surface area contributed by atoms with Crippen LogP contribution in [0.4, 0.5) is 39.0 Å². The Morgan fingerprint density at radius 2 is 1.48 bits per heavy atom. The first-order valence-corrected chi connectivity index (χ1v) is 15.7. The number of hydrogen-bond acceptors (Lipinski definition) is 7. The highest BCUT2D eigenvalue weighted by Gasteiger charge is 2.77. The number of amides is 4. The van der Waals surface area contributed by atoms with Gasteiger partial charge >= 0.3 is 0 Å². The third-order valence-corrected chi connectivity index (χ3v) is 11.5. The summed E-state index contributed by atoms with van der Waals surface area (Å²) in [5.41, 5.74) is -2.68. The Labute approximate surface area is 291 Å². The molecule has 2 aliphatic heterocycles. The molecule has 258 valence electrons. The molecule has 18 heteroatoms. The number of halogens is 8. The van der Waals surface area contributed by atoms with Gasteiger partial charge in [-0.1, -0.05) is 29.3 Å². The number of carbonyl (C=O) groups is 4. The molecule has 2 saturated heterocycles. The number of benzene rings is 3. The summed E-state index contributed by atoms with van der Waals surface area (Å²) in [5.74, 6) is -23.7. The van der Waals surface area contributed by atoms with Gasteiger partial charge in [-0.3, -0.25) is 29.3 Å². The van der Waals surface area contributed by atoms with Crippen LogP contribution in [0, 0.1) is 57.0 Å². The molecule has 0 radical (unpaired) electrons. The van der Waals surface area contributed by atoms with E-state index in [0.29, 0.717) is 0 Å². The standard InChI is InChI=1S/C32H17Cl3F5N3O7/c33-11-4-7-18(44)16(8-11)20-14-5-6-15-19(28(46)41(27(15)45)12-2-1-3-13(9-12)43(49)50)17(14)10-31(34)29(47)42(30(48)32(20,31)35)26-24(39)22(37)21(36)23(38)25(26)40/h1-5,7-9,15,17,19-20,44H,6,10H2. The fourth-order valence-corrected chi connectivity index (χ4v) is 8.78. The molecule has 1 saturated carbocycles. The minimum atomic E-state index is -2.85. The summed E-state index contributed by atoms with van der Waals surface area (Å²) in [6.45, 7) is 0. The molecule has 2 heterocycles. The molecule has 6 atom stereocenters. The van der Waals surface area contributed by atoms with Crippen molar-refractivity contribution in [2.24, 2.45) is 17.8 Å². The quantitative estimate of drug-likeness (QED) is 0.0474. The normalized spacial score (nSPS) is 28.8. The minimum absolute atomic E-state index is 0.0352. The summed E-state index contributed by atoms with van der Waals surface area (Å²) >= 11 is 20.3. The van der Waals surface area contributed by atoms with Crippen LogP contribution >= 0.6 is 34.8 Å². The van der Waals surface area contributed by atoms with Crippen molar-refractivity contribution in [2.45, 2.75) is 28.5 Å². The van der Waals surface area contributed by atoms with Gasteiger partial charge in [-0.15, -0.1) is 23.2 Å². The molecule has 2 aliphatic carbocycles. The number of nitro benzene ring substituents is 1. The first kappa shape index (κ1) is 33.9. The largest absolute Gasteiger partial charge is 0.508 e. The number of nitrogens with zero attached hydrogens (tertiary/aromatic N) is 3. The molecule has 50 heavy (non-hydrogen) atoms. The van der Waals surface area contributed by atoms with Crippen molar-refractivity contribution < 1.29 is 51.2 Å². The molecule has 0 aromatic heterocycles. The van der Waals surface area contributed by atoms with E-state index < -0.39 is 115 Å². The first-order chi connectivity index (χ1) is 23.5. The number of phenolic OH excluding ortho intramolecular Hbond substituents is 1. The number of rotatable bonds is 4. The van der Waals surface area contributed by atoms with Crippen molar-refractivity contribution in [2.75, 3.05) is 9.80 Å². The lowest BCUT2D eigenvalue weighted by Crippen LogP contribution is -2.60. The fraction of sp³-hybridized carbons (Fsp3) is 0.250. The van der Waals surface area contributed by atoms with E-state index in [0.717, 1.165) is 29.2 Å². The summed E-state index contributed by atoms with van der Waals surface area (Å²) in [7, 11) is 0. The summed E-state index contributed by atoms with van der Waals surface area (Å²) < 4.78 is 73.1. The monoisotopic (exact) mass is 755 g/mol. The Bertz CT molecular complexity index is 2140. The highest BCUT2D eigenvalue weighted by atomic mass is 35.5. The van der Waals surface area contributed by atoms with E-state index in [1.54, 1.807) is 0 Å². The zero-order valence-corrected chi connectivity index (χ0v) is 26.9. The van der Waals surface area contributed by atoms with Crippen molar-refractivity contribution in [1.29, 1.82) is 0 Å². The third kappa shape index (κ3) is 4.26. The number of nitro groups is 1. The van der Waals surface area contributed by atoms with E-state index in [9.17, 15) is 47.6 Å². The van der Waals surface area contributed by atoms with Gasteiger partial charge in [0.25, 0.3) is 17.5 Å². The Morgan fingerprint density at radius 3 is 2.12 bits per heavy atom. The molecule has 3 aromatic rings. The van der Waals surface area contributed by atoms with Crippen LogP contribution in [0.1, 0.15) is 24.3 Å². The Kier molecular flexibility index (Phi) is 7.59. The van der Waals surface area contributed by atoms with Crippen LogP contribution in [0.25, 0.3) is 0 Å².